The summed E-state index contributed by atoms with van der Waals surface area (Å²) in [6.45, 7) is 1.95. The Morgan fingerprint density at radius 1 is 1.19 bits per heavy atom. The lowest BCUT2D eigenvalue weighted by Gasteiger charge is -2.25. The van der Waals surface area contributed by atoms with Gasteiger partial charge in [0.05, 0.1) is 6.54 Å². The van der Waals surface area contributed by atoms with Gasteiger partial charge in [-0.15, -0.1) is 0 Å². The summed E-state index contributed by atoms with van der Waals surface area (Å²) in [7, 11) is 0. The molecule has 0 aromatic heterocycles. The van der Waals surface area contributed by atoms with Gasteiger partial charge in [0.2, 0.25) is 0 Å². The average Bonchev–Trinajstić information content (AvgIpc) is 3.19. The van der Waals surface area contributed by atoms with Gasteiger partial charge in [-0.1, -0.05) is 52.3 Å². The van der Waals surface area contributed by atoms with Gasteiger partial charge < -0.3 is 14.4 Å². The Morgan fingerprint density at radius 2 is 2.04 bits per heavy atom. The molecule has 2 aromatic carbocycles. The number of carbonyl (C=O) groups excluding carboxylic acids is 1. The van der Waals surface area contributed by atoms with Gasteiger partial charge in [-0.3, -0.25) is 0 Å². The van der Waals surface area contributed by atoms with E-state index < -0.39 is 0 Å². The van der Waals surface area contributed by atoms with Gasteiger partial charge in [-0.2, -0.15) is 11.8 Å². The van der Waals surface area contributed by atoms with Gasteiger partial charge in [-0.05, 0) is 42.4 Å². The molecule has 4 nitrogen and oxygen atoms in total. The number of amides is 1. The van der Waals surface area contributed by atoms with Crippen molar-refractivity contribution < 1.29 is 14.3 Å². The zero-order valence-electron chi connectivity index (χ0n) is 15.2. The van der Waals surface area contributed by atoms with Crippen LogP contribution in [-0.4, -0.2) is 41.7 Å². The topological polar surface area (TPSA) is 38.8 Å². The summed E-state index contributed by atoms with van der Waals surface area (Å²) in [5.41, 5.74) is 0.992. The molecule has 144 valence electrons. The third-order valence-corrected chi connectivity index (χ3v) is 6.21. The van der Waals surface area contributed by atoms with E-state index in [1.54, 1.807) is 4.90 Å². The van der Waals surface area contributed by atoms with Crippen molar-refractivity contribution >= 4 is 33.8 Å². The van der Waals surface area contributed by atoms with Gasteiger partial charge in [0.15, 0.2) is 0 Å². The Morgan fingerprint density at radius 3 is 2.78 bits per heavy atom. The van der Waals surface area contributed by atoms with E-state index in [2.05, 4.69) is 15.9 Å². The normalized spacial score (nSPS) is 16.1. The van der Waals surface area contributed by atoms with Crippen LogP contribution in [-0.2, 0) is 11.3 Å². The van der Waals surface area contributed by atoms with Crippen LogP contribution in [0.2, 0.25) is 0 Å². The van der Waals surface area contributed by atoms with Crippen molar-refractivity contribution in [3.63, 3.8) is 0 Å². The molecule has 1 heterocycles. The number of thioether (sulfide) groups is 1. The quantitative estimate of drug-likeness (QED) is 0.543. The number of nitrogens with zero attached hydrogens (tertiary/aromatic N) is 1. The molecule has 1 atom stereocenters. The van der Waals surface area contributed by atoms with Crippen molar-refractivity contribution in [2.24, 2.45) is 0 Å². The van der Waals surface area contributed by atoms with Crippen molar-refractivity contribution in [3.05, 3.63) is 64.6 Å². The van der Waals surface area contributed by atoms with Crippen LogP contribution in [0.1, 0.15) is 18.4 Å². The Hall–Kier alpha value is -1.66. The minimum absolute atomic E-state index is 0.274. The lowest BCUT2D eigenvalue weighted by atomic mass is 10.2. The monoisotopic (exact) mass is 449 g/mol. The number of benzene rings is 2. The van der Waals surface area contributed by atoms with Crippen molar-refractivity contribution in [1.82, 2.24) is 4.90 Å². The van der Waals surface area contributed by atoms with Gasteiger partial charge in [-0.25, -0.2) is 4.79 Å². The molecular weight excluding hydrogens is 426 g/mol. The standard InChI is InChI=1S/C21H24BrNO3S/c22-18-8-4-9-19(14-18)25-12-11-23(15-20-10-5-13-27-20)21(24)26-16-17-6-2-1-3-7-17/h1-4,6-9,14,20H,5,10-13,15-16H2. The Balaban J connectivity index is 1.53. The molecule has 6 heteroatoms. The van der Waals surface area contributed by atoms with E-state index in [0.29, 0.717) is 31.6 Å². The van der Waals surface area contributed by atoms with Crippen LogP contribution in [0, 0.1) is 0 Å². The highest BCUT2D eigenvalue weighted by Gasteiger charge is 2.23. The first-order valence-electron chi connectivity index (χ1n) is 9.16. The zero-order chi connectivity index (χ0) is 18.9. The summed E-state index contributed by atoms with van der Waals surface area (Å²) in [6, 6.07) is 17.5. The highest BCUT2D eigenvalue weighted by molar-refractivity contribution is 9.10. The molecule has 0 aliphatic carbocycles. The van der Waals surface area contributed by atoms with Crippen LogP contribution >= 0.6 is 27.7 Å². The first kappa shape index (κ1) is 20.1. The molecule has 1 amide bonds. The Kier molecular flexibility index (Phi) is 7.90. The lowest BCUT2D eigenvalue weighted by Crippen LogP contribution is -2.39. The smallest absolute Gasteiger partial charge is 0.410 e. The molecule has 27 heavy (non-hydrogen) atoms. The van der Waals surface area contributed by atoms with Gasteiger partial charge in [0.25, 0.3) is 0 Å². The Bertz CT molecular complexity index is 722. The third-order valence-electron chi connectivity index (χ3n) is 4.34. The highest BCUT2D eigenvalue weighted by atomic mass is 79.9. The predicted octanol–water partition coefficient (Wildman–Crippen LogP) is 5.36. The molecule has 3 rings (SSSR count). The number of ether oxygens (including phenoxy) is 2. The van der Waals surface area contributed by atoms with E-state index in [4.69, 9.17) is 9.47 Å². The molecule has 0 spiro atoms. The number of halogens is 1. The fraction of sp³-hybridized carbons (Fsp3) is 0.381. The minimum atomic E-state index is -0.274. The molecule has 0 N–H and O–H groups in total. The summed E-state index contributed by atoms with van der Waals surface area (Å²) in [5.74, 6) is 1.96. The van der Waals surface area contributed by atoms with E-state index in [0.717, 1.165) is 22.2 Å². The zero-order valence-corrected chi connectivity index (χ0v) is 17.6. The molecule has 2 aromatic rings. The second kappa shape index (κ2) is 10.6. The molecule has 0 bridgehead atoms. The summed E-state index contributed by atoms with van der Waals surface area (Å²) in [5, 5.41) is 0.486. The van der Waals surface area contributed by atoms with E-state index in [-0.39, 0.29) is 6.09 Å². The van der Waals surface area contributed by atoms with E-state index in [1.165, 1.54) is 12.2 Å². The van der Waals surface area contributed by atoms with Crippen LogP contribution < -0.4 is 4.74 Å². The van der Waals surface area contributed by atoms with Gasteiger partial charge in [0.1, 0.15) is 19.0 Å². The minimum Gasteiger partial charge on any atom is -0.492 e. The maximum atomic E-state index is 12.6. The van der Waals surface area contributed by atoms with Gasteiger partial charge >= 0.3 is 6.09 Å². The largest absolute Gasteiger partial charge is 0.492 e. The SMILES string of the molecule is O=C(OCc1ccccc1)N(CCOc1cccc(Br)c1)CC1CCCS1. The number of carbonyl (C=O) groups is 1. The summed E-state index contributed by atoms with van der Waals surface area (Å²) < 4.78 is 12.3. The van der Waals surface area contributed by atoms with E-state index in [9.17, 15) is 4.79 Å². The second-order valence-electron chi connectivity index (χ2n) is 6.43. The Labute approximate surface area is 173 Å². The fourth-order valence-corrected chi connectivity index (χ4v) is 4.60. The molecule has 1 aliphatic rings. The van der Waals surface area contributed by atoms with Crippen LogP contribution in [0.4, 0.5) is 4.79 Å². The lowest BCUT2D eigenvalue weighted by molar-refractivity contribution is 0.0904. The summed E-state index contributed by atoms with van der Waals surface area (Å²) in [4.78, 5) is 14.4. The molecule has 1 aliphatic heterocycles. The predicted molar refractivity (Wildman–Crippen MR) is 113 cm³/mol. The number of hydrogen-bond acceptors (Lipinski definition) is 4. The third kappa shape index (κ3) is 6.78. The number of rotatable bonds is 8. The van der Waals surface area contributed by atoms with Crippen molar-refractivity contribution in [2.45, 2.75) is 24.7 Å². The van der Waals surface area contributed by atoms with Crippen molar-refractivity contribution in [2.75, 3.05) is 25.4 Å². The van der Waals surface area contributed by atoms with Crippen LogP contribution in [0.25, 0.3) is 0 Å². The van der Waals surface area contributed by atoms with Crippen molar-refractivity contribution in [1.29, 1.82) is 0 Å². The number of hydrogen-bond donors (Lipinski definition) is 0. The average molecular weight is 450 g/mol. The fourth-order valence-electron chi connectivity index (χ4n) is 2.93. The van der Waals surface area contributed by atoms with Crippen LogP contribution in [0.3, 0.4) is 0 Å². The maximum absolute atomic E-state index is 12.6. The van der Waals surface area contributed by atoms with E-state index in [1.807, 2.05) is 66.4 Å². The molecule has 0 radical (unpaired) electrons. The van der Waals surface area contributed by atoms with E-state index >= 15 is 0 Å². The summed E-state index contributed by atoms with van der Waals surface area (Å²) >= 11 is 5.38. The van der Waals surface area contributed by atoms with Crippen LogP contribution in [0.15, 0.2) is 59.1 Å². The maximum Gasteiger partial charge on any atom is 0.410 e. The first-order valence-corrected chi connectivity index (χ1v) is 11.0. The highest BCUT2D eigenvalue weighted by Crippen LogP contribution is 2.27. The molecule has 1 saturated heterocycles. The molecule has 0 saturated carbocycles. The molecule has 1 unspecified atom stereocenters. The second-order valence-corrected chi connectivity index (χ2v) is 8.75. The first-order chi connectivity index (χ1) is 13.2. The van der Waals surface area contributed by atoms with Gasteiger partial charge in [0, 0.05) is 16.3 Å². The molecular formula is C21H24BrNO3S. The molecule has 1 fully saturated rings. The van der Waals surface area contributed by atoms with Crippen LogP contribution in [0.5, 0.6) is 5.75 Å². The van der Waals surface area contributed by atoms with Crippen molar-refractivity contribution in [3.8, 4) is 5.75 Å². The summed E-state index contributed by atoms with van der Waals surface area (Å²) in [6.07, 6.45) is 2.10.